The maximum Gasteiger partial charge on any atom is 0.183 e. The molecule has 0 atom stereocenters. The molecule has 1 aromatic carbocycles. The van der Waals surface area contributed by atoms with E-state index in [0.29, 0.717) is 0 Å². The van der Waals surface area contributed by atoms with Gasteiger partial charge in [0.2, 0.25) is 0 Å². The molecule has 78 valence electrons. The van der Waals surface area contributed by atoms with Crippen molar-refractivity contribution in [2.75, 3.05) is 5.73 Å². The Balaban J connectivity index is 2.05. The van der Waals surface area contributed by atoms with Gasteiger partial charge in [-0.3, -0.25) is 5.10 Å². The molecule has 4 nitrogen and oxygen atoms in total. The fourth-order valence-corrected chi connectivity index (χ4v) is 2.44. The summed E-state index contributed by atoms with van der Waals surface area (Å²) in [4.78, 5) is 4.03. The van der Waals surface area contributed by atoms with Crippen molar-refractivity contribution in [2.24, 2.45) is 0 Å². The summed E-state index contributed by atoms with van der Waals surface area (Å²) in [6.45, 7) is 0. The van der Waals surface area contributed by atoms with E-state index in [-0.39, 0.29) is 0 Å². The largest absolute Gasteiger partial charge is 0.399 e. The van der Waals surface area contributed by atoms with E-state index in [2.05, 4.69) is 31.1 Å². The highest BCUT2D eigenvalue weighted by atomic mass is 79.9. The highest BCUT2D eigenvalue weighted by molar-refractivity contribution is 9.10. The van der Waals surface area contributed by atoms with Gasteiger partial charge in [0.05, 0.1) is 0 Å². The molecule has 2 rings (SSSR count). The lowest BCUT2D eigenvalue weighted by Crippen LogP contribution is -1.88. The van der Waals surface area contributed by atoms with Crippen LogP contribution >= 0.6 is 27.7 Å². The molecule has 0 bridgehead atoms. The molecule has 0 spiro atoms. The third-order valence-electron chi connectivity index (χ3n) is 1.75. The van der Waals surface area contributed by atoms with Crippen LogP contribution in [0.2, 0.25) is 0 Å². The second-order valence-corrected chi connectivity index (χ2v) is 4.85. The molecule has 0 fully saturated rings. The molecule has 0 saturated heterocycles. The van der Waals surface area contributed by atoms with Crippen molar-refractivity contribution in [3.05, 3.63) is 34.6 Å². The zero-order chi connectivity index (χ0) is 10.7. The van der Waals surface area contributed by atoms with E-state index in [1.165, 1.54) is 6.33 Å². The maximum atomic E-state index is 5.73. The van der Waals surface area contributed by atoms with Crippen LogP contribution in [0.3, 0.4) is 0 Å². The summed E-state index contributed by atoms with van der Waals surface area (Å²) in [7, 11) is 0. The van der Waals surface area contributed by atoms with Gasteiger partial charge in [-0.15, -0.1) is 0 Å². The first kappa shape index (κ1) is 10.5. The Kier molecular flexibility index (Phi) is 3.27. The Labute approximate surface area is 99.8 Å². The fourth-order valence-electron chi connectivity index (χ4n) is 1.17. The summed E-state index contributed by atoms with van der Waals surface area (Å²) in [5.74, 6) is 0.818. The van der Waals surface area contributed by atoms with Gasteiger partial charge in [0.25, 0.3) is 0 Å². The number of benzene rings is 1. The molecule has 1 heterocycles. The minimum absolute atomic E-state index is 0.762. The van der Waals surface area contributed by atoms with Crippen molar-refractivity contribution in [3.8, 4) is 0 Å². The van der Waals surface area contributed by atoms with Crippen LogP contribution in [0.1, 0.15) is 5.56 Å². The third-order valence-corrected chi connectivity index (χ3v) is 3.15. The lowest BCUT2D eigenvalue weighted by Gasteiger charge is -2.02. The standard InChI is InChI=1S/C9H9BrN4S/c10-7-1-6(2-8(11)3-7)4-15-9-12-5-13-14-9/h1-3,5H,4,11H2,(H,12,13,14). The van der Waals surface area contributed by atoms with Crippen LogP contribution in [0.25, 0.3) is 0 Å². The zero-order valence-corrected chi connectivity index (χ0v) is 10.2. The molecule has 6 heteroatoms. The number of halogens is 1. The summed E-state index contributed by atoms with van der Waals surface area (Å²) < 4.78 is 0.996. The molecular formula is C9H9BrN4S. The van der Waals surface area contributed by atoms with E-state index >= 15 is 0 Å². The number of aromatic nitrogens is 3. The van der Waals surface area contributed by atoms with Gasteiger partial charge in [-0.05, 0) is 23.8 Å². The van der Waals surface area contributed by atoms with E-state index in [1.54, 1.807) is 11.8 Å². The predicted octanol–water partition coefficient (Wildman–Crippen LogP) is 2.44. The summed E-state index contributed by atoms with van der Waals surface area (Å²) >= 11 is 5.00. The average molecular weight is 285 g/mol. The van der Waals surface area contributed by atoms with Gasteiger partial charge in [0, 0.05) is 15.9 Å². The van der Waals surface area contributed by atoms with Gasteiger partial charge < -0.3 is 5.73 Å². The number of rotatable bonds is 3. The van der Waals surface area contributed by atoms with Crippen molar-refractivity contribution < 1.29 is 0 Å². The zero-order valence-electron chi connectivity index (χ0n) is 7.77. The predicted molar refractivity (Wildman–Crippen MR) is 64.5 cm³/mol. The second kappa shape index (κ2) is 4.67. The van der Waals surface area contributed by atoms with Crippen molar-refractivity contribution >= 4 is 33.4 Å². The lowest BCUT2D eigenvalue weighted by atomic mass is 10.2. The second-order valence-electron chi connectivity index (χ2n) is 2.97. The first-order valence-electron chi connectivity index (χ1n) is 4.27. The Morgan fingerprint density at radius 2 is 2.27 bits per heavy atom. The first-order valence-corrected chi connectivity index (χ1v) is 6.05. The number of H-pyrrole nitrogens is 1. The van der Waals surface area contributed by atoms with Crippen molar-refractivity contribution in [1.29, 1.82) is 0 Å². The third kappa shape index (κ3) is 2.97. The van der Waals surface area contributed by atoms with Crippen molar-refractivity contribution in [3.63, 3.8) is 0 Å². The molecule has 0 aliphatic carbocycles. The molecule has 0 amide bonds. The summed E-state index contributed by atoms with van der Waals surface area (Å²) in [6, 6.07) is 5.87. The SMILES string of the molecule is Nc1cc(Br)cc(CSc2ncn[nH]2)c1. The number of nitrogens with one attached hydrogen (secondary N) is 1. The fraction of sp³-hybridized carbons (Fsp3) is 0.111. The number of aromatic amines is 1. The number of thioether (sulfide) groups is 1. The van der Waals surface area contributed by atoms with Gasteiger partial charge in [-0.25, -0.2) is 4.98 Å². The van der Waals surface area contributed by atoms with E-state index in [4.69, 9.17) is 5.73 Å². The van der Waals surface area contributed by atoms with Gasteiger partial charge in [0.15, 0.2) is 5.16 Å². The van der Waals surface area contributed by atoms with Crippen molar-refractivity contribution in [1.82, 2.24) is 15.2 Å². The van der Waals surface area contributed by atoms with Gasteiger partial charge >= 0.3 is 0 Å². The van der Waals surface area contributed by atoms with Crippen molar-refractivity contribution in [2.45, 2.75) is 10.9 Å². The highest BCUT2D eigenvalue weighted by Crippen LogP contribution is 2.23. The number of nitrogens with two attached hydrogens (primary N) is 1. The highest BCUT2D eigenvalue weighted by Gasteiger charge is 2.00. The number of anilines is 1. The van der Waals surface area contributed by atoms with Crippen LogP contribution in [-0.2, 0) is 5.75 Å². The molecule has 0 aliphatic rings. The topological polar surface area (TPSA) is 67.6 Å². The number of nitrogens with zero attached hydrogens (tertiary/aromatic N) is 2. The molecule has 0 aliphatic heterocycles. The molecule has 1 aromatic heterocycles. The maximum absolute atomic E-state index is 5.73. The minimum atomic E-state index is 0.762. The van der Waals surface area contributed by atoms with Crippen LogP contribution in [-0.4, -0.2) is 15.2 Å². The van der Waals surface area contributed by atoms with Crippen LogP contribution in [0.4, 0.5) is 5.69 Å². The Morgan fingerprint density at radius 1 is 1.40 bits per heavy atom. The summed E-state index contributed by atoms with van der Waals surface area (Å²) in [5, 5.41) is 7.39. The monoisotopic (exact) mass is 284 g/mol. The van der Waals surface area contributed by atoms with Gasteiger partial charge in [0.1, 0.15) is 6.33 Å². The quantitative estimate of drug-likeness (QED) is 0.671. The van der Waals surface area contributed by atoms with E-state index in [0.717, 1.165) is 26.6 Å². The first-order chi connectivity index (χ1) is 7.24. The summed E-state index contributed by atoms with van der Waals surface area (Å²) in [6.07, 6.45) is 1.50. The molecule has 0 saturated carbocycles. The van der Waals surface area contributed by atoms with E-state index in [9.17, 15) is 0 Å². The normalized spacial score (nSPS) is 10.5. The molecule has 2 aromatic rings. The number of hydrogen-bond acceptors (Lipinski definition) is 4. The van der Waals surface area contributed by atoms with Crippen LogP contribution in [0.15, 0.2) is 34.2 Å². The molecule has 15 heavy (non-hydrogen) atoms. The smallest absolute Gasteiger partial charge is 0.183 e. The summed E-state index contributed by atoms with van der Waals surface area (Å²) in [5.41, 5.74) is 7.65. The number of nitrogen functional groups attached to an aromatic ring is 1. The molecule has 0 radical (unpaired) electrons. The van der Waals surface area contributed by atoms with Crippen LogP contribution in [0.5, 0.6) is 0 Å². The minimum Gasteiger partial charge on any atom is -0.399 e. The molecular weight excluding hydrogens is 276 g/mol. The Hall–Kier alpha value is -1.01. The Bertz CT molecular complexity index is 423. The molecule has 0 unspecified atom stereocenters. The molecule has 3 N–H and O–H groups in total. The lowest BCUT2D eigenvalue weighted by molar-refractivity contribution is 0.973. The van der Waals surface area contributed by atoms with Gasteiger partial charge in [-0.1, -0.05) is 27.7 Å². The number of hydrogen-bond donors (Lipinski definition) is 2. The van der Waals surface area contributed by atoms with Crippen LogP contribution in [0, 0.1) is 0 Å². The van der Waals surface area contributed by atoms with Gasteiger partial charge in [-0.2, -0.15) is 5.10 Å². The van der Waals surface area contributed by atoms with E-state index in [1.807, 2.05) is 18.2 Å². The van der Waals surface area contributed by atoms with E-state index < -0.39 is 0 Å². The van der Waals surface area contributed by atoms with Crippen LogP contribution < -0.4 is 5.73 Å². The average Bonchev–Trinajstić information content (AvgIpc) is 2.65. The Morgan fingerprint density at radius 3 is 2.93 bits per heavy atom.